The molecule has 5 heteroatoms. The number of benzene rings is 2. The van der Waals surface area contributed by atoms with Crippen molar-refractivity contribution in [1.29, 1.82) is 0 Å². The van der Waals surface area contributed by atoms with E-state index in [9.17, 15) is 9.59 Å². The number of amides is 3. The van der Waals surface area contributed by atoms with Gasteiger partial charge in [0.25, 0.3) is 0 Å². The van der Waals surface area contributed by atoms with Crippen LogP contribution in [0.4, 0.5) is 10.5 Å². The number of nitrogens with zero attached hydrogens (tertiary/aromatic N) is 2. The van der Waals surface area contributed by atoms with Gasteiger partial charge in [0, 0.05) is 32.2 Å². The molecule has 136 valence electrons. The molecule has 0 unspecified atom stereocenters. The fraction of sp³-hybridized carbons (Fsp3) is 0.333. The van der Waals surface area contributed by atoms with E-state index in [-0.39, 0.29) is 18.0 Å². The van der Waals surface area contributed by atoms with Crippen molar-refractivity contribution in [2.75, 3.05) is 18.5 Å². The Bertz CT molecular complexity index is 804. The van der Waals surface area contributed by atoms with E-state index >= 15 is 0 Å². The number of nitrogens with one attached hydrogen (secondary N) is 1. The third-order valence-electron chi connectivity index (χ3n) is 4.86. The molecule has 1 fully saturated rings. The molecule has 1 saturated heterocycles. The van der Waals surface area contributed by atoms with E-state index < -0.39 is 0 Å². The SMILES string of the molecule is Cc1ccc(N2C[C@@H](NC(=O)N(C)Cc3ccccc3)CC2=O)cc1C. The Morgan fingerprint density at radius 3 is 2.58 bits per heavy atom. The lowest BCUT2D eigenvalue weighted by molar-refractivity contribution is -0.117. The van der Waals surface area contributed by atoms with Crippen molar-refractivity contribution < 1.29 is 9.59 Å². The summed E-state index contributed by atoms with van der Waals surface area (Å²) < 4.78 is 0. The molecule has 1 N–H and O–H groups in total. The first-order chi connectivity index (χ1) is 12.4. The van der Waals surface area contributed by atoms with Gasteiger partial charge in [0.05, 0.1) is 6.04 Å². The summed E-state index contributed by atoms with van der Waals surface area (Å²) >= 11 is 0. The lowest BCUT2D eigenvalue weighted by atomic mass is 10.1. The normalized spacial score (nSPS) is 16.7. The van der Waals surface area contributed by atoms with E-state index in [1.54, 1.807) is 16.8 Å². The van der Waals surface area contributed by atoms with Crippen LogP contribution in [0.15, 0.2) is 48.5 Å². The van der Waals surface area contributed by atoms with Gasteiger partial charge >= 0.3 is 6.03 Å². The molecule has 0 spiro atoms. The van der Waals surface area contributed by atoms with E-state index in [0.717, 1.165) is 16.8 Å². The fourth-order valence-electron chi connectivity index (χ4n) is 3.16. The second-order valence-electron chi connectivity index (χ2n) is 6.97. The van der Waals surface area contributed by atoms with Crippen LogP contribution in [0.3, 0.4) is 0 Å². The summed E-state index contributed by atoms with van der Waals surface area (Å²) in [4.78, 5) is 28.2. The van der Waals surface area contributed by atoms with Gasteiger partial charge < -0.3 is 15.1 Å². The van der Waals surface area contributed by atoms with Gasteiger partial charge in [-0.15, -0.1) is 0 Å². The number of hydrogen-bond acceptors (Lipinski definition) is 2. The van der Waals surface area contributed by atoms with Crippen LogP contribution in [0, 0.1) is 13.8 Å². The minimum Gasteiger partial charge on any atom is -0.333 e. The Morgan fingerprint density at radius 1 is 1.15 bits per heavy atom. The van der Waals surface area contributed by atoms with Crippen LogP contribution in [0.5, 0.6) is 0 Å². The van der Waals surface area contributed by atoms with Gasteiger partial charge in [0.1, 0.15) is 0 Å². The van der Waals surface area contributed by atoms with E-state index in [2.05, 4.69) is 12.2 Å². The van der Waals surface area contributed by atoms with Crippen LogP contribution in [-0.2, 0) is 11.3 Å². The first-order valence-electron chi connectivity index (χ1n) is 8.87. The number of carbonyl (C=O) groups excluding carboxylic acids is 2. The summed E-state index contributed by atoms with van der Waals surface area (Å²) in [6.45, 7) is 5.13. The Hall–Kier alpha value is -2.82. The van der Waals surface area contributed by atoms with E-state index in [1.165, 1.54) is 5.56 Å². The maximum absolute atomic E-state index is 12.4. The first-order valence-corrected chi connectivity index (χ1v) is 8.87. The molecule has 2 aromatic carbocycles. The average molecular weight is 351 g/mol. The van der Waals surface area contributed by atoms with E-state index in [0.29, 0.717) is 19.5 Å². The largest absolute Gasteiger partial charge is 0.333 e. The highest BCUT2D eigenvalue weighted by Gasteiger charge is 2.32. The van der Waals surface area contributed by atoms with Crippen molar-refractivity contribution in [3.05, 3.63) is 65.2 Å². The Balaban J connectivity index is 1.60. The minimum atomic E-state index is -0.171. The maximum Gasteiger partial charge on any atom is 0.317 e. The molecule has 0 aromatic heterocycles. The number of anilines is 1. The Labute approximate surface area is 154 Å². The molecule has 0 radical (unpaired) electrons. The molecular weight excluding hydrogens is 326 g/mol. The van der Waals surface area contributed by atoms with Crippen LogP contribution in [0.1, 0.15) is 23.1 Å². The third kappa shape index (κ3) is 4.04. The zero-order valence-electron chi connectivity index (χ0n) is 15.5. The number of carbonyl (C=O) groups is 2. The highest BCUT2D eigenvalue weighted by atomic mass is 16.2. The quantitative estimate of drug-likeness (QED) is 0.919. The molecule has 3 amide bonds. The van der Waals surface area contributed by atoms with Crippen molar-refractivity contribution in [3.8, 4) is 0 Å². The minimum absolute atomic E-state index is 0.0456. The van der Waals surface area contributed by atoms with Crippen molar-refractivity contribution in [2.45, 2.75) is 32.9 Å². The van der Waals surface area contributed by atoms with Crippen molar-refractivity contribution in [1.82, 2.24) is 10.2 Å². The molecule has 1 heterocycles. The van der Waals surface area contributed by atoms with Gasteiger partial charge in [-0.05, 0) is 42.7 Å². The lowest BCUT2D eigenvalue weighted by Gasteiger charge is -2.22. The van der Waals surface area contributed by atoms with Gasteiger partial charge in [-0.2, -0.15) is 0 Å². The number of aryl methyl sites for hydroxylation is 2. The van der Waals surface area contributed by atoms with Crippen LogP contribution < -0.4 is 10.2 Å². The zero-order valence-corrected chi connectivity index (χ0v) is 15.5. The molecule has 0 saturated carbocycles. The average Bonchev–Trinajstić information content (AvgIpc) is 2.98. The second kappa shape index (κ2) is 7.60. The highest BCUT2D eigenvalue weighted by molar-refractivity contribution is 5.96. The molecule has 0 aliphatic carbocycles. The number of urea groups is 1. The maximum atomic E-state index is 12.4. The Morgan fingerprint density at radius 2 is 1.88 bits per heavy atom. The second-order valence-corrected chi connectivity index (χ2v) is 6.97. The van der Waals surface area contributed by atoms with Gasteiger partial charge in [-0.25, -0.2) is 4.79 Å². The molecule has 1 aliphatic rings. The first kappa shape index (κ1) is 18.0. The third-order valence-corrected chi connectivity index (χ3v) is 4.86. The summed E-state index contributed by atoms with van der Waals surface area (Å²) in [6.07, 6.45) is 0.331. The van der Waals surface area contributed by atoms with E-state index in [4.69, 9.17) is 0 Å². The topological polar surface area (TPSA) is 52.7 Å². The summed E-state index contributed by atoms with van der Waals surface area (Å²) in [5.41, 5.74) is 4.33. The van der Waals surface area contributed by atoms with Gasteiger partial charge in [0.2, 0.25) is 5.91 Å². The highest BCUT2D eigenvalue weighted by Crippen LogP contribution is 2.24. The molecular formula is C21H25N3O2. The number of rotatable bonds is 4. The molecule has 26 heavy (non-hydrogen) atoms. The Kier molecular flexibility index (Phi) is 5.26. The van der Waals surface area contributed by atoms with Gasteiger partial charge in [0.15, 0.2) is 0 Å². The van der Waals surface area contributed by atoms with Crippen LogP contribution in [0.2, 0.25) is 0 Å². The summed E-state index contributed by atoms with van der Waals surface area (Å²) in [5, 5.41) is 2.98. The summed E-state index contributed by atoms with van der Waals surface area (Å²) in [6, 6.07) is 15.5. The zero-order chi connectivity index (χ0) is 18.7. The van der Waals surface area contributed by atoms with Gasteiger partial charge in [-0.1, -0.05) is 36.4 Å². The molecule has 2 aromatic rings. The standard InChI is InChI=1S/C21H25N3O2/c1-15-9-10-19(11-16(15)2)24-14-18(12-20(24)25)22-21(26)23(3)13-17-7-5-4-6-8-17/h4-11,18H,12-14H2,1-3H3,(H,22,26)/t18-/m0/s1. The smallest absolute Gasteiger partial charge is 0.317 e. The molecule has 3 rings (SSSR count). The molecule has 1 atom stereocenters. The number of hydrogen-bond donors (Lipinski definition) is 1. The summed E-state index contributed by atoms with van der Waals surface area (Å²) in [5.74, 6) is 0.0456. The summed E-state index contributed by atoms with van der Waals surface area (Å²) in [7, 11) is 1.76. The lowest BCUT2D eigenvalue weighted by Crippen LogP contribution is -2.43. The van der Waals surface area contributed by atoms with Crippen molar-refractivity contribution >= 4 is 17.6 Å². The molecule has 1 aliphatic heterocycles. The fourth-order valence-corrected chi connectivity index (χ4v) is 3.16. The molecule has 5 nitrogen and oxygen atoms in total. The molecule has 0 bridgehead atoms. The van der Waals surface area contributed by atoms with Crippen molar-refractivity contribution in [2.24, 2.45) is 0 Å². The van der Waals surface area contributed by atoms with Crippen LogP contribution >= 0.6 is 0 Å². The predicted molar refractivity (Wildman–Crippen MR) is 103 cm³/mol. The van der Waals surface area contributed by atoms with Gasteiger partial charge in [-0.3, -0.25) is 4.79 Å². The van der Waals surface area contributed by atoms with Crippen LogP contribution in [0.25, 0.3) is 0 Å². The predicted octanol–water partition coefficient (Wildman–Crippen LogP) is 3.25. The van der Waals surface area contributed by atoms with Crippen LogP contribution in [-0.4, -0.2) is 36.5 Å². The van der Waals surface area contributed by atoms with E-state index in [1.807, 2.05) is 55.5 Å². The monoisotopic (exact) mass is 351 g/mol. The van der Waals surface area contributed by atoms with Crippen molar-refractivity contribution in [3.63, 3.8) is 0 Å².